The van der Waals surface area contributed by atoms with Gasteiger partial charge in [0.1, 0.15) is 0 Å². The van der Waals surface area contributed by atoms with Gasteiger partial charge in [-0.05, 0) is 32.8 Å². The number of rotatable bonds is 9. The zero-order valence-electron chi connectivity index (χ0n) is 15.6. The van der Waals surface area contributed by atoms with Crippen molar-refractivity contribution in [2.24, 2.45) is 0 Å². The van der Waals surface area contributed by atoms with Gasteiger partial charge in [-0.3, -0.25) is 9.59 Å². The second-order valence-corrected chi connectivity index (χ2v) is 6.73. The average molecular weight is 334 g/mol. The molecular formula is C19H32N3O2+. The number of nitrogens with one attached hydrogen (secondary N) is 3. The number of benzene rings is 1. The van der Waals surface area contributed by atoms with E-state index in [9.17, 15) is 9.59 Å². The van der Waals surface area contributed by atoms with E-state index in [2.05, 4.69) is 29.7 Å². The maximum Gasteiger partial charge on any atom is 0.278 e. The molecule has 134 valence electrons. The Kier molecular flexibility index (Phi) is 8.47. The molecule has 0 saturated heterocycles. The average Bonchev–Trinajstić information content (AvgIpc) is 2.54. The minimum atomic E-state index is -0.267. The number of hydrogen-bond acceptors (Lipinski definition) is 2. The van der Waals surface area contributed by atoms with E-state index in [-0.39, 0.29) is 23.9 Å². The van der Waals surface area contributed by atoms with E-state index in [1.807, 2.05) is 46.0 Å². The standard InChI is InChI=1S/C19H31N3O2/c1-6-16(17-10-8-7-9-11-17)12-20-19(24)15(4)22(5)13-18(23)21-14(2)3/h7-11,14-16H,6,12-13H2,1-5H3,(H,20,24)(H,21,23)/p+1/t15-,16-/m1/s1. The van der Waals surface area contributed by atoms with E-state index >= 15 is 0 Å². The van der Waals surface area contributed by atoms with Gasteiger partial charge < -0.3 is 15.5 Å². The summed E-state index contributed by atoms with van der Waals surface area (Å²) in [5, 5.41) is 5.89. The van der Waals surface area contributed by atoms with Crippen LogP contribution >= 0.6 is 0 Å². The fourth-order valence-corrected chi connectivity index (χ4v) is 2.60. The first-order valence-electron chi connectivity index (χ1n) is 8.79. The zero-order chi connectivity index (χ0) is 18.1. The Balaban J connectivity index is 2.49. The lowest BCUT2D eigenvalue weighted by atomic mass is 9.96. The van der Waals surface area contributed by atoms with Crippen LogP contribution in [-0.4, -0.2) is 44.0 Å². The minimum Gasteiger partial charge on any atom is -0.350 e. The smallest absolute Gasteiger partial charge is 0.278 e. The van der Waals surface area contributed by atoms with Crippen LogP contribution in [-0.2, 0) is 9.59 Å². The minimum absolute atomic E-state index is 0.0146. The molecule has 1 aromatic rings. The van der Waals surface area contributed by atoms with E-state index in [0.717, 1.165) is 11.3 Å². The third kappa shape index (κ3) is 6.71. The highest BCUT2D eigenvalue weighted by atomic mass is 16.2. The van der Waals surface area contributed by atoms with Gasteiger partial charge in [0.2, 0.25) is 0 Å². The van der Waals surface area contributed by atoms with Gasteiger partial charge >= 0.3 is 0 Å². The van der Waals surface area contributed by atoms with Gasteiger partial charge in [0.25, 0.3) is 11.8 Å². The third-order valence-corrected chi connectivity index (χ3v) is 4.31. The summed E-state index contributed by atoms with van der Waals surface area (Å²) in [5.74, 6) is 0.268. The summed E-state index contributed by atoms with van der Waals surface area (Å²) < 4.78 is 0. The largest absolute Gasteiger partial charge is 0.350 e. The van der Waals surface area contributed by atoms with Crippen LogP contribution in [0.3, 0.4) is 0 Å². The molecule has 0 radical (unpaired) electrons. The highest BCUT2D eigenvalue weighted by Gasteiger charge is 2.24. The molecule has 5 nitrogen and oxygen atoms in total. The number of amides is 2. The SMILES string of the molecule is CC[C@H](CNC(=O)[C@@H](C)[NH+](C)CC(=O)NC(C)C)c1ccccc1. The molecule has 0 fully saturated rings. The zero-order valence-corrected chi connectivity index (χ0v) is 15.6. The molecule has 0 aliphatic rings. The summed E-state index contributed by atoms with van der Waals surface area (Å²) in [4.78, 5) is 25.1. The van der Waals surface area contributed by atoms with E-state index in [1.165, 1.54) is 5.56 Å². The predicted molar refractivity (Wildman–Crippen MR) is 97.0 cm³/mol. The van der Waals surface area contributed by atoms with Gasteiger partial charge in [-0.2, -0.15) is 0 Å². The molecule has 0 aromatic heterocycles. The summed E-state index contributed by atoms with van der Waals surface area (Å²) in [6, 6.07) is 10.1. The number of hydrogen-bond donors (Lipinski definition) is 3. The molecule has 0 heterocycles. The Morgan fingerprint density at radius 1 is 1.12 bits per heavy atom. The molecule has 5 heteroatoms. The number of carbonyl (C=O) groups excluding carboxylic acids is 2. The number of likely N-dealkylation sites (N-methyl/N-ethyl adjacent to an activating group) is 1. The van der Waals surface area contributed by atoms with Gasteiger partial charge in [-0.15, -0.1) is 0 Å². The second kappa shape index (κ2) is 10.1. The summed E-state index contributed by atoms with van der Waals surface area (Å²) in [6.07, 6.45) is 0.970. The van der Waals surface area contributed by atoms with Crippen molar-refractivity contribution in [2.75, 3.05) is 20.1 Å². The molecule has 2 amide bonds. The van der Waals surface area contributed by atoms with E-state index in [1.54, 1.807) is 0 Å². The van der Waals surface area contributed by atoms with Crippen LogP contribution in [0.25, 0.3) is 0 Å². The van der Waals surface area contributed by atoms with Gasteiger partial charge in [0.15, 0.2) is 12.6 Å². The fraction of sp³-hybridized carbons (Fsp3) is 0.579. The van der Waals surface area contributed by atoms with Gasteiger partial charge in [-0.25, -0.2) is 0 Å². The quantitative estimate of drug-likeness (QED) is 0.623. The molecule has 1 aromatic carbocycles. The van der Waals surface area contributed by atoms with Crippen LogP contribution in [0.4, 0.5) is 0 Å². The first-order valence-corrected chi connectivity index (χ1v) is 8.79. The molecule has 3 N–H and O–H groups in total. The van der Waals surface area contributed by atoms with E-state index in [0.29, 0.717) is 19.0 Å². The molecule has 0 saturated carbocycles. The van der Waals surface area contributed by atoms with Crippen molar-refractivity contribution >= 4 is 11.8 Å². The van der Waals surface area contributed by atoms with Crippen molar-refractivity contribution < 1.29 is 14.5 Å². The van der Waals surface area contributed by atoms with Crippen molar-refractivity contribution in [1.82, 2.24) is 10.6 Å². The topological polar surface area (TPSA) is 62.6 Å². The summed E-state index contributed by atoms with van der Waals surface area (Å²) in [5.41, 5.74) is 1.24. The summed E-state index contributed by atoms with van der Waals surface area (Å²) in [6.45, 7) is 8.76. The van der Waals surface area contributed by atoms with E-state index < -0.39 is 0 Å². The normalized spacial score (nSPS) is 14.8. The molecule has 24 heavy (non-hydrogen) atoms. The summed E-state index contributed by atoms with van der Waals surface area (Å²) >= 11 is 0. The van der Waals surface area contributed by atoms with E-state index in [4.69, 9.17) is 0 Å². The Bertz CT molecular complexity index is 517. The highest BCUT2D eigenvalue weighted by molar-refractivity contribution is 5.81. The molecule has 0 bridgehead atoms. The Labute approximate surface area is 145 Å². The predicted octanol–water partition coefficient (Wildman–Crippen LogP) is 0.724. The van der Waals surface area contributed by atoms with Crippen LogP contribution in [0.15, 0.2) is 30.3 Å². The molecule has 1 unspecified atom stereocenters. The molecule has 0 aliphatic heterocycles. The Morgan fingerprint density at radius 2 is 1.75 bits per heavy atom. The first-order chi connectivity index (χ1) is 11.3. The third-order valence-electron chi connectivity index (χ3n) is 4.31. The Morgan fingerprint density at radius 3 is 2.29 bits per heavy atom. The van der Waals surface area contributed by atoms with Crippen LogP contribution in [0.1, 0.15) is 45.6 Å². The lowest BCUT2D eigenvalue weighted by Gasteiger charge is -2.22. The fourth-order valence-electron chi connectivity index (χ4n) is 2.60. The van der Waals surface area contributed by atoms with Crippen LogP contribution < -0.4 is 15.5 Å². The Hall–Kier alpha value is -1.88. The monoisotopic (exact) mass is 334 g/mol. The maximum absolute atomic E-state index is 12.4. The second-order valence-electron chi connectivity index (χ2n) is 6.73. The van der Waals surface area contributed by atoms with Gasteiger partial charge in [0.05, 0.1) is 7.05 Å². The molecule has 0 aliphatic carbocycles. The lowest BCUT2D eigenvalue weighted by molar-refractivity contribution is -0.886. The number of carbonyl (C=O) groups is 2. The molecule has 1 rings (SSSR count). The molecule has 3 atom stereocenters. The maximum atomic E-state index is 12.4. The number of quaternary nitrogens is 1. The van der Waals surface area contributed by atoms with Crippen LogP contribution in [0.2, 0.25) is 0 Å². The lowest BCUT2D eigenvalue weighted by Crippen LogP contribution is -3.15. The van der Waals surface area contributed by atoms with Crippen molar-refractivity contribution in [3.63, 3.8) is 0 Å². The highest BCUT2D eigenvalue weighted by Crippen LogP contribution is 2.17. The van der Waals surface area contributed by atoms with Gasteiger partial charge in [-0.1, -0.05) is 37.3 Å². The van der Waals surface area contributed by atoms with Crippen molar-refractivity contribution in [2.45, 2.75) is 52.1 Å². The van der Waals surface area contributed by atoms with Crippen molar-refractivity contribution in [1.29, 1.82) is 0 Å². The molecular weight excluding hydrogens is 302 g/mol. The first kappa shape index (κ1) is 20.2. The van der Waals surface area contributed by atoms with Crippen molar-refractivity contribution in [3.8, 4) is 0 Å². The molecule has 0 spiro atoms. The van der Waals surface area contributed by atoms with Crippen LogP contribution in [0.5, 0.6) is 0 Å². The van der Waals surface area contributed by atoms with Gasteiger partial charge in [0, 0.05) is 18.5 Å². The summed E-state index contributed by atoms with van der Waals surface area (Å²) in [7, 11) is 1.87. The van der Waals surface area contributed by atoms with Crippen molar-refractivity contribution in [3.05, 3.63) is 35.9 Å². The van der Waals surface area contributed by atoms with Crippen LogP contribution in [0, 0.1) is 0 Å².